The zero-order chi connectivity index (χ0) is 29.5. The second-order valence-corrected chi connectivity index (χ2v) is 20.6. The zero-order valence-corrected chi connectivity index (χ0v) is 28.9. The molecule has 0 bridgehead atoms. The average Bonchev–Trinajstić information content (AvgIpc) is 3.03. The van der Waals surface area contributed by atoms with Crippen LogP contribution >= 0.6 is 15.8 Å². The SMILES string of the molecule is CN([C@H](CP(c1ccccc1)c1ccccc1)c1ccccc1P(C1CCCCC1)C1CCCCC1)S(=O)C(C)(C)C. The first-order chi connectivity index (χ1) is 20.3. The van der Waals surface area contributed by atoms with Gasteiger partial charge in [-0.2, -0.15) is 0 Å². The Bertz CT molecular complexity index is 1210. The maximum atomic E-state index is 14.2. The maximum Gasteiger partial charge on any atom is 0.100 e. The van der Waals surface area contributed by atoms with Crippen molar-refractivity contribution in [2.45, 2.75) is 107 Å². The topological polar surface area (TPSA) is 20.3 Å². The summed E-state index contributed by atoms with van der Waals surface area (Å²) in [7, 11) is 0.107. The van der Waals surface area contributed by atoms with Crippen molar-refractivity contribution in [3.8, 4) is 0 Å². The van der Waals surface area contributed by atoms with Gasteiger partial charge in [0.1, 0.15) is 11.0 Å². The maximum absolute atomic E-state index is 14.2. The Morgan fingerprint density at radius 3 is 1.64 bits per heavy atom. The van der Waals surface area contributed by atoms with Gasteiger partial charge in [-0.3, -0.25) is 0 Å². The van der Waals surface area contributed by atoms with Crippen LogP contribution < -0.4 is 15.9 Å². The van der Waals surface area contributed by atoms with Crippen molar-refractivity contribution in [2.75, 3.05) is 13.2 Å². The molecule has 0 saturated heterocycles. The molecule has 0 radical (unpaired) electrons. The number of rotatable bonds is 10. The van der Waals surface area contributed by atoms with E-state index in [4.69, 9.17) is 0 Å². The van der Waals surface area contributed by atoms with Gasteiger partial charge in [0.2, 0.25) is 0 Å². The van der Waals surface area contributed by atoms with Crippen molar-refractivity contribution in [1.82, 2.24) is 4.31 Å². The molecule has 5 heteroatoms. The highest BCUT2D eigenvalue weighted by Crippen LogP contribution is 2.56. The zero-order valence-electron chi connectivity index (χ0n) is 26.3. The molecule has 0 spiro atoms. The third kappa shape index (κ3) is 7.82. The molecule has 0 heterocycles. The fraction of sp³-hybridized carbons (Fsp3) is 0.514. The molecule has 3 aromatic rings. The van der Waals surface area contributed by atoms with Gasteiger partial charge in [-0.15, -0.1) is 0 Å². The fourth-order valence-electron chi connectivity index (χ4n) is 7.12. The summed E-state index contributed by atoms with van der Waals surface area (Å²) >= 11 is 0. The summed E-state index contributed by atoms with van der Waals surface area (Å²) in [4.78, 5) is 0. The first-order valence-corrected chi connectivity index (χ1v) is 20.4. The predicted octanol–water partition coefficient (Wildman–Crippen LogP) is 9.03. The molecule has 2 atom stereocenters. The lowest BCUT2D eigenvalue weighted by Gasteiger charge is -2.42. The summed E-state index contributed by atoms with van der Waals surface area (Å²) in [5, 5.41) is 4.43. The van der Waals surface area contributed by atoms with Gasteiger partial charge in [0.15, 0.2) is 0 Å². The Morgan fingerprint density at radius 2 is 1.17 bits per heavy atom. The first-order valence-electron chi connectivity index (χ1n) is 16.2. The highest BCUT2D eigenvalue weighted by Gasteiger charge is 2.38. The Morgan fingerprint density at radius 1 is 0.714 bits per heavy atom. The van der Waals surface area contributed by atoms with Crippen molar-refractivity contribution in [3.05, 3.63) is 90.5 Å². The molecule has 226 valence electrons. The van der Waals surface area contributed by atoms with Crippen LogP contribution in [0.25, 0.3) is 0 Å². The number of nitrogens with zero attached hydrogens (tertiary/aromatic N) is 1. The molecule has 0 N–H and O–H groups in total. The molecule has 1 unspecified atom stereocenters. The van der Waals surface area contributed by atoms with Gasteiger partial charge in [0, 0.05) is 7.05 Å². The lowest BCUT2D eigenvalue weighted by molar-refractivity contribution is 0.423. The molecular weight excluding hydrogens is 568 g/mol. The smallest absolute Gasteiger partial charge is 0.100 e. The van der Waals surface area contributed by atoms with Crippen LogP contribution in [-0.2, 0) is 11.0 Å². The van der Waals surface area contributed by atoms with Crippen LogP contribution in [0, 0.1) is 0 Å². The molecule has 0 aromatic heterocycles. The fourth-order valence-corrected chi connectivity index (χ4v) is 15.1. The first kappa shape index (κ1) is 32.0. The second kappa shape index (κ2) is 15.1. The second-order valence-electron chi connectivity index (χ2n) is 13.3. The Hall–Kier alpha value is -1.37. The van der Waals surface area contributed by atoms with Gasteiger partial charge in [0.25, 0.3) is 0 Å². The lowest BCUT2D eigenvalue weighted by Crippen LogP contribution is -2.41. The van der Waals surface area contributed by atoms with E-state index >= 15 is 0 Å². The van der Waals surface area contributed by atoms with E-state index in [-0.39, 0.29) is 18.7 Å². The number of hydrogen-bond donors (Lipinski definition) is 0. The highest BCUT2D eigenvalue weighted by molar-refractivity contribution is 7.84. The quantitative estimate of drug-likeness (QED) is 0.207. The van der Waals surface area contributed by atoms with E-state index in [1.807, 2.05) is 0 Å². The van der Waals surface area contributed by atoms with Gasteiger partial charge < -0.3 is 0 Å². The van der Waals surface area contributed by atoms with Crippen LogP contribution in [0.15, 0.2) is 84.9 Å². The van der Waals surface area contributed by atoms with Crippen LogP contribution in [-0.4, -0.2) is 37.8 Å². The molecule has 5 rings (SSSR count). The summed E-state index contributed by atoms with van der Waals surface area (Å²) in [6.07, 6.45) is 14.9. The molecule has 0 amide bonds. The van der Waals surface area contributed by atoms with Crippen molar-refractivity contribution in [3.63, 3.8) is 0 Å². The van der Waals surface area contributed by atoms with Gasteiger partial charge >= 0.3 is 0 Å². The van der Waals surface area contributed by atoms with Crippen LogP contribution in [0.2, 0.25) is 0 Å². The predicted molar refractivity (Wildman–Crippen MR) is 189 cm³/mol. The Balaban J connectivity index is 1.62. The van der Waals surface area contributed by atoms with Crippen molar-refractivity contribution < 1.29 is 4.21 Å². The lowest BCUT2D eigenvalue weighted by atomic mass is 9.99. The molecule has 2 aliphatic carbocycles. The summed E-state index contributed by atoms with van der Waals surface area (Å²) < 4.78 is 16.1. The monoisotopic (exact) mass is 619 g/mol. The molecular formula is C37H51NOP2S. The van der Waals surface area contributed by atoms with E-state index in [0.717, 1.165) is 17.5 Å². The van der Waals surface area contributed by atoms with Crippen LogP contribution in [0.3, 0.4) is 0 Å². The normalized spacial score (nSPS) is 18.9. The van der Waals surface area contributed by atoms with E-state index in [9.17, 15) is 4.21 Å². The van der Waals surface area contributed by atoms with Gasteiger partial charge in [-0.05, 0) is 93.3 Å². The minimum atomic E-state index is -1.12. The van der Waals surface area contributed by atoms with Gasteiger partial charge in [0.05, 0.1) is 10.8 Å². The molecule has 0 aliphatic heterocycles. The molecule has 42 heavy (non-hydrogen) atoms. The molecule has 2 nitrogen and oxygen atoms in total. The summed E-state index contributed by atoms with van der Waals surface area (Å²) in [6.45, 7) is 6.37. The van der Waals surface area contributed by atoms with E-state index in [0.29, 0.717) is 0 Å². The van der Waals surface area contributed by atoms with E-state index in [2.05, 4.69) is 117 Å². The van der Waals surface area contributed by atoms with Crippen LogP contribution in [0.4, 0.5) is 0 Å². The van der Waals surface area contributed by atoms with Gasteiger partial charge in [-0.1, -0.05) is 131 Å². The Kier molecular flexibility index (Phi) is 11.5. The summed E-state index contributed by atoms with van der Waals surface area (Å²) in [6, 6.07) is 31.7. The van der Waals surface area contributed by atoms with Gasteiger partial charge in [-0.25, -0.2) is 8.51 Å². The molecule has 3 aromatic carbocycles. The van der Waals surface area contributed by atoms with Crippen molar-refractivity contribution >= 4 is 42.7 Å². The number of benzene rings is 3. The van der Waals surface area contributed by atoms with Crippen LogP contribution in [0.5, 0.6) is 0 Å². The van der Waals surface area contributed by atoms with Crippen molar-refractivity contribution in [1.29, 1.82) is 0 Å². The summed E-state index contributed by atoms with van der Waals surface area (Å²) in [5.41, 5.74) is 3.13. The molecule has 2 saturated carbocycles. The third-order valence-corrected chi connectivity index (χ3v) is 17.2. The average molecular weight is 620 g/mol. The third-order valence-electron chi connectivity index (χ3n) is 9.23. The minimum absolute atomic E-state index is 0.0879. The molecule has 2 aliphatic rings. The van der Waals surface area contributed by atoms with Crippen LogP contribution in [0.1, 0.15) is 96.6 Å². The molecule has 2 fully saturated rings. The summed E-state index contributed by atoms with van der Waals surface area (Å²) in [5.74, 6) is 0. The highest BCUT2D eigenvalue weighted by atomic mass is 32.2. The Labute approximate surface area is 261 Å². The number of hydrogen-bond acceptors (Lipinski definition) is 1. The minimum Gasteiger partial charge on any atom is -0.242 e. The largest absolute Gasteiger partial charge is 0.242 e. The van der Waals surface area contributed by atoms with E-state index < -0.39 is 18.9 Å². The van der Waals surface area contributed by atoms with E-state index in [1.54, 1.807) is 5.30 Å². The van der Waals surface area contributed by atoms with Crippen molar-refractivity contribution in [2.24, 2.45) is 0 Å². The van der Waals surface area contributed by atoms with E-state index in [1.165, 1.54) is 80.4 Å². The standard InChI is InChI=1S/C37H51NOP2S/c1-37(2,3)42(39)38(4)35(29-40(30-19-9-5-10-20-30)31-21-11-6-12-22-31)34-27-17-18-28-36(34)41(32-23-13-7-14-24-32)33-25-15-8-16-26-33/h5-6,9-12,17-22,27-28,32-33,35H,7-8,13-16,23-26,29H2,1-4H3/t35-,42?/m1/s1.